The van der Waals surface area contributed by atoms with Crippen LogP contribution in [0.1, 0.15) is 27.9 Å². The number of amides is 1. The Morgan fingerprint density at radius 1 is 1.21 bits per heavy atom. The van der Waals surface area contributed by atoms with Crippen molar-refractivity contribution in [1.82, 2.24) is 0 Å². The molecule has 1 heterocycles. The Hall–Kier alpha value is -2.66. The van der Waals surface area contributed by atoms with E-state index in [1.807, 2.05) is 13.0 Å². The minimum absolute atomic E-state index is 0.293. The first kappa shape index (κ1) is 16.2. The van der Waals surface area contributed by atoms with Crippen molar-refractivity contribution in [1.29, 1.82) is 0 Å². The van der Waals surface area contributed by atoms with Gasteiger partial charge in [0.2, 0.25) is 0 Å². The fourth-order valence-electron chi connectivity index (χ4n) is 3.06. The van der Waals surface area contributed by atoms with Gasteiger partial charge in [0.15, 0.2) is 11.4 Å². The van der Waals surface area contributed by atoms with Crippen LogP contribution in [0.3, 0.4) is 0 Å². The van der Waals surface area contributed by atoms with Gasteiger partial charge >= 0.3 is 0 Å². The van der Waals surface area contributed by atoms with Gasteiger partial charge < -0.3 is 14.7 Å². The van der Waals surface area contributed by atoms with Crippen LogP contribution in [0.15, 0.2) is 42.5 Å². The number of fused-ring (bicyclic) bond motifs is 1. The Balaban J connectivity index is 1.95. The van der Waals surface area contributed by atoms with Crippen molar-refractivity contribution < 1.29 is 19.4 Å². The van der Waals surface area contributed by atoms with E-state index in [9.17, 15) is 14.7 Å². The maximum absolute atomic E-state index is 12.6. The third-order valence-electron chi connectivity index (χ3n) is 4.45. The van der Waals surface area contributed by atoms with Gasteiger partial charge in [-0.05, 0) is 37.3 Å². The number of ketones is 1. The topological polar surface area (TPSA) is 66.8 Å². The van der Waals surface area contributed by atoms with Crippen molar-refractivity contribution in [2.75, 3.05) is 19.1 Å². The van der Waals surface area contributed by atoms with Crippen LogP contribution in [-0.4, -0.2) is 31.0 Å². The van der Waals surface area contributed by atoms with E-state index in [1.165, 1.54) is 4.90 Å². The Labute approximate surface area is 140 Å². The van der Waals surface area contributed by atoms with Gasteiger partial charge in [0, 0.05) is 18.2 Å². The highest BCUT2D eigenvalue weighted by molar-refractivity contribution is 6.10. The molecule has 3 rings (SSSR count). The molecule has 0 spiro atoms. The molecule has 0 aromatic heterocycles. The van der Waals surface area contributed by atoms with Crippen molar-refractivity contribution in [3.8, 4) is 5.75 Å². The number of benzene rings is 2. The highest BCUT2D eigenvalue weighted by Crippen LogP contribution is 2.42. The molecule has 0 bridgehead atoms. The maximum Gasteiger partial charge on any atom is 0.263 e. The lowest BCUT2D eigenvalue weighted by Gasteiger charge is -2.21. The van der Waals surface area contributed by atoms with Gasteiger partial charge in [-0.15, -0.1) is 0 Å². The number of nitrogens with zero attached hydrogens (tertiary/aromatic N) is 1. The van der Waals surface area contributed by atoms with Crippen LogP contribution in [0.25, 0.3) is 0 Å². The van der Waals surface area contributed by atoms with Crippen molar-refractivity contribution in [3.63, 3.8) is 0 Å². The minimum Gasteiger partial charge on any atom is -0.497 e. The molecule has 1 atom stereocenters. The SMILES string of the molecule is COc1ccc(C(=O)C[C@]2(O)C(=O)N(C)c3ccc(C)cc32)cc1. The largest absolute Gasteiger partial charge is 0.497 e. The highest BCUT2D eigenvalue weighted by atomic mass is 16.5. The number of likely N-dealkylation sites (N-methyl/N-ethyl adjacent to an activating group) is 1. The van der Waals surface area contributed by atoms with Crippen molar-refractivity contribution in [2.45, 2.75) is 18.9 Å². The first-order chi connectivity index (χ1) is 11.4. The Morgan fingerprint density at radius 3 is 2.50 bits per heavy atom. The predicted octanol–water partition coefficient (Wildman–Crippen LogP) is 2.44. The molecule has 0 radical (unpaired) electrons. The average molecular weight is 325 g/mol. The molecule has 1 amide bonds. The second-order valence-electron chi connectivity index (χ2n) is 6.07. The van der Waals surface area contributed by atoms with E-state index in [0.717, 1.165) is 5.56 Å². The monoisotopic (exact) mass is 325 g/mol. The third-order valence-corrected chi connectivity index (χ3v) is 4.45. The number of rotatable bonds is 4. The summed E-state index contributed by atoms with van der Waals surface area (Å²) in [5.41, 5.74) is 0.646. The van der Waals surface area contributed by atoms with Gasteiger partial charge in [-0.25, -0.2) is 0 Å². The molecule has 1 aliphatic rings. The summed E-state index contributed by atoms with van der Waals surface area (Å²) in [6.45, 7) is 1.88. The van der Waals surface area contributed by atoms with E-state index in [-0.39, 0.29) is 12.2 Å². The second kappa shape index (κ2) is 5.76. The molecule has 2 aromatic rings. The first-order valence-electron chi connectivity index (χ1n) is 7.66. The van der Waals surface area contributed by atoms with Crippen LogP contribution in [0.2, 0.25) is 0 Å². The lowest BCUT2D eigenvalue weighted by Crippen LogP contribution is -2.40. The molecule has 24 heavy (non-hydrogen) atoms. The standard InChI is InChI=1S/C19H19NO4/c1-12-4-9-16-15(10-12)19(23,18(22)20(16)2)11-17(21)13-5-7-14(24-3)8-6-13/h4-10,23H,11H2,1-3H3/t19-/m1/s1. The number of Topliss-reactive ketones (excluding diaryl/α,β-unsaturated/α-hetero) is 1. The molecule has 124 valence electrons. The summed E-state index contributed by atoms with van der Waals surface area (Å²) >= 11 is 0. The summed E-state index contributed by atoms with van der Waals surface area (Å²) < 4.78 is 5.07. The van der Waals surface area contributed by atoms with Crippen molar-refractivity contribution in [3.05, 3.63) is 59.2 Å². The normalized spacial score (nSPS) is 19.3. The van der Waals surface area contributed by atoms with Crippen LogP contribution in [0.4, 0.5) is 5.69 Å². The van der Waals surface area contributed by atoms with Gasteiger partial charge in [0.1, 0.15) is 5.75 Å². The summed E-state index contributed by atoms with van der Waals surface area (Å²) in [6, 6.07) is 12.0. The quantitative estimate of drug-likeness (QED) is 0.877. The van der Waals surface area contributed by atoms with E-state index in [1.54, 1.807) is 50.6 Å². The zero-order valence-electron chi connectivity index (χ0n) is 13.9. The molecule has 1 N–H and O–H groups in total. The van der Waals surface area contributed by atoms with E-state index >= 15 is 0 Å². The minimum atomic E-state index is -1.83. The summed E-state index contributed by atoms with van der Waals surface area (Å²) in [6.07, 6.45) is -0.293. The number of anilines is 1. The molecule has 5 heteroatoms. The van der Waals surface area contributed by atoms with Crippen molar-refractivity contribution in [2.24, 2.45) is 0 Å². The molecule has 0 aliphatic carbocycles. The summed E-state index contributed by atoms with van der Waals surface area (Å²) in [7, 11) is 3.15. The highest BCUT2D eigenvalue weighted by Gasteiger charge is 2.49. The number of methoxy groups -OCH3 is 1. The first-order valence-corrected chi connectivity index (χ1v) is 7.66. The van der Waals surface area contributed by atoms with Gasteiger partial charge in [0.05, 0.1) is 19.2 Å². The third kappa shape index (κ3) is 2.47. The number of hydrogen-bond acceptors (Lipinski definition) is 4. The molecule has 2 aromatic carbocycles. The molecule has 0 saturated heterocycles. The Bertz CT molecular complexity index is 813. The number of aliphatic hydroxyl groups is 1. The zero-order chi connectivity index (χ0) is 17.5. The molecule has 0 unspecified atom stereocenters. The summed E-state index contributed by atoms with van der Waals surface area (Å²) in [5, 5.41) is 11.0. The van der Waals surface area contributed by atoms with Gasteiger partial charge in [-0.1, -0.05) is 17.7 Å². The van der Waals surface area contributed by atoms with Crippen molar-refractivity contribution >= 4 is 17.4 Å². The van der Waals surface area contributed by atoms with Gasteiger partial charge in [-0.3, -0.25) is 9.59 Å². The predicted molar refractivity (Wildman–Crippen MR) is 90.4 cm³/mol. The van der Waals surface area contributed by atoms with Crippen LogP contribution in [0.5, 0.6) is 5.75 Å². The van der Waals surface area contributed by atoms with E-state index in [0.29, 0.717) is 22.6 Å². The molecule has 0 saturated carbocycles. The Morgan fingerprint density at radius 2 is 1.88 bits per heavy atom. The fourth-order valence-corrected chi connectivity index (χ4v) is 3.06. The number of aryl methyl sites for hydroxylation is 1. The van der Waals surface area contributed by atoms with E-state index in [4.69, 9.17) is 4.74 Å². The van der Waals surface area contributed by atoms with Gasteiger partial charge in [-0.2, -0.15) is 0 Å². The Kier molecular flexibility index (Phi) is 3.89. The second-order valence-corrected chi connectivity index (χ2v) is 6.07. The maximum atomic E-state index is 12.6. The van der Waals surface area contributed by atoms with Crippen LogP contribution in [-0.2, 0) is 10.4 Å². The number of ether oxygens (including phenoxy) is 1. The lowest BCUT2D eigenvalue weighted by molar-refractivity contribution is -0.135. The lowest BCUT2D eigenvalue weighted by atomic mass is 9.87. The summed E-state index contributed by atoms with van der Waals surface area (Å²) in [5.74, 6) is -0.135. The van der Waals surface area contributed by atoms with Crippen LogP contribution >= 0.6 is 0 Å². The molecular weight excluding hydrogens is 306 g/mol. The number of carbonyl (C=O) groups excluding carboxylic acids is 2. The van der Waals surface area contributed by atoms with Crippen LogP contribution in [0, 0.1) is 6.92 Å². The fraction of sp³-hybridized carbons (Fsp3) is 0.263. The summed E-state index contributed by atoms with van der Waals surface area (Å²) in [4.78, 5) is 26.5. The smallest absolute Gasteiger partial charge is 0.263 e. The average Bonchev–Trinajstić information content (AvgIpc) is 2.76. The number of hydrogen-bond donors (Lipinski definition) is 1. The van der Waals surface area contributed by atoms with E-state index < -0.39 is 11.5 Å². The van der Waals surface area contributed by atoms with Gasteiger partial charge in [0.25, 0.3) is 5.91 Å². The van der Waals surface area contributed by atoms with Crippen LogP contribution < -0.4 is 9.64 Å². The zero-order valence-corrected chi connectivity index (χ0v) is 13.9. The molecule has 0 fully saturated rings. The molecule has 5 nitrogen and oxygen atoms in total. The molecule has 1 aliphatic heterocycles. The number of carbonyl (C=O) groups is 2. The van der Waals surface area contributed by atoms with E-state index in [2.05, 4.69) is 0 Å². The molecular formula is C19H19NO4.